The molecule has 1 aliphatic rings. The quantitative estimate of drug-likeness (QED) is 0.836. The highest BCUT2D eigenvalue weighted by molar-refractivity contribution is 6.31. The molecular weight excluding hydrogens is 349 g/mol. The monoisotopic (exact) mass is 367 g/mol. The van der Waals surface area contributed by atoms with Crippen molar-refractivity contribution in [3.63, 3.8) is 0 Å². The van der Waals surface area contributed by atoms with Gasteiger partial charge in [0.15, 0.2) is 0 Å². The number of nitrogens with one attached hydrogen (secondary N) is 1. The molecule has 4 nitrogen and oxygen atoms in total. The van der Waals surface area contributed by atoms with Gasteiger partial charge in [-0.1, -0.05) is 41.9 Å². The molecule has 2 aromatic rings. The first-order valence-electron chi connectivity index (χ1n) is 7.50. The Balaban J connectivity index is 0.00000208. The van der Waals surface area contributed by atoms with Crippen LogP contribution in [-0.4, -0.2) is 31.8 Å². The molecule has 3 rings (SSSR count). The predicted molar refractivity (Wildman–Crippen MR) is 97.0 cm³/mol. The Bertz CT molecular complexity index is 694. The summed E-state index contributed by atoms with van der Waals surface area (Å²) in [6.07, 6.45) is 0.506. The number of methoxy groups -OCH3 is 1. The Kier molecular flexibility index (Phi) is 6.49. The number of rotatable bonds is 4. The van der Waals surface area contributed by atoms with E-state index in [4.69, 9.17) is 21.1 Å². The lowest BCUT2D eigenvalue weighted by Gasteiger charge is -2.17. The minimum Gasteiger partial charge on any atom is -0.488 e. The van der Waals surface area contributed by atoms with Crippen LogP contribution < -0.4 is 10.1 Å². The number of ether oxygens (including phenoxy) is 2. The fourth-order valence-electron chi connectivity index (χ4n) is 2.74. The number of carbonyl (C=O) groups is 1. The number of halogens is 2. The Morgan fingerprint density at radius 3 is 2.67 bits per heavy atom. The van der Waals surface area contributed by atoms with E-state index in [0.29, 0.717) is 18.0 Å². The topological polar surface area (TPSA) is 47.6 Å². The van der Waals surface area contributed by atoms with Crippen LogP contribution in [0.5, 0.6) is 5.75 Å². The van der Waals surface area contributed by atoms with Crippen LogP contribution in [-0.2, 0) is 9.53 Å². The molecule has 1 heterocycles. The second-order valence-electron chi connectivity index (χ2n) is 5.47. The molecule has 0 unspecified atom stereocenters. The van der Waals surface area contributed by atoms with Crippen LogP contribution in [0.25, 0.3) is 11.1 Å². The SMILES string of the molecule is COC(=O)[C@@H]1C[C@@H](Oc2ccc(Cl)cc2-c2ccccc2)CN1.Cl. The molecule has 1 saturated heterocycles. The van der Waals surface area contributed by atoms with E-state index in [9.17, 15) is 4.79 Å². The van der Waals surface area contributed by atoms with Crippen molar-refractivity contribution < 1.29 is 14.3 Å². The van der Waals surface area contributed by atoms with Crippen molar-refractivity contribution in [1.29, 1.82) is 0 Å². The van der Waals surface area contributed by atoms with Gasteiger partial charge >= 0.3 is 5.97 Å². The standard InChI is InChI=1S/C18H18ClNO3.ClH/c1-22-18(21)16-10-14(11-20-16)23-17-8-7-13(19)9-15(17)12-5-3-2-4-6-12;/h2-9,14,16,20H,10-11H2,1H3;1H/t14-,16+;/m1./s1. The van der Waals surface area contributed by atoms with Gasteiger partial charge in [0.1, 0.15) is 17.9 Å². The summed E-state index contributed by atoms with van der Waals surface area (Å²) in [5.74, 6) is 0.508. The number of benzene rings is 2. The van der Waals surface area contributed by atoms with Gasteiger partial charge < -0.3 is 14.8 Å². The zero-order valence-electron chi connectivity index (χ0n) is 13.2. The number of carbonyl (C=O) groups excluding carboxylic acids is 1. The van der Waals surface area contributed by atoms with Crippen LogP contribution in [0.3, 0.4) is 0 Å². The first-order chi connectivity index (χ1) is 11.2. The average Bonchev–Trinajstić information content (AvgIpc) is 3.05. The third kappa shape index (κ3) is 4.20. The van der Waals surface area contributed by atoms with E-state index in [2.05, 4.69) is 5.32 Å². The zero-order chi connectivity index (χ0) is 16.2. The van der Waals surface area contributed by atoms with Crippen molar-refractivity contribution in [3.8, 4) is 16.9 Å². The molecule has 1 fully saturated rings. The maximum atomic E-state index is 11.6. The predicted octanol–water partition coefficient (Wildman–Crippen LogP) is 3.71. The third-order valence-electron chi connectivity index (χ3n) is 3.90. The van der Waals surface area contributed by atoms with Crippen molar-refractivity contribution in [2.45, 2.75) is 18.6 Å². The molecule has 0 bridgehead atoms. The van der Waals surface area contributed by atoms with Gasteiger partial charge in [-0.2, -0.15) is 0 Å². The minimum atomic E-state index is -0.308. The second kappa shape index (κ2) is 8.38. The molecule has 0 aromatic heterocycles. The largest absolute Gasteiger partial charge is 0.488 e. The molecule has 0 spiro atoms. The van der Waals surface area contributed by atoms with Crippen molar-refractivity contribution in [2.24, 2.45) is 0 Å². The van der Waals surface area contributed by atoms with Crippen LogP contribution in [0.1, 0.15) is 6.42 Å². The first-order valence-corrected chi connectivity index (χ1v) is 7.88. The van der Waals surface area contributed by atoms with E-state index < -0.39 is 0 Å². The van der Waals surface area contributed by atoms with E-state index in [1.54, 1.807) is 0 Å². The summed E-state index contributed by atoms with van der Waals surface area (Å²) in [7, 11) is 1.39. The maximum Gasteiger partial charge on any atom is 0.323 e. The van der Waals surface area contributed by atoms with Crippen molar-refractivity contribution in [2.75, 3.05) is 13.7 Å². The summed E-state index contributed by atoms with van der Waals surface area (Å²) < 4.78 is 10.9. The van der Waals surface area contributed by atoms with Crippen molar-refractivity contribution >= 4 is 30.0 Å². The Hall–Kier alpha value is -1.75. The van der Waals surface area contributed by atoms with Gasteiger partial charge in [0.2, 0.25) is 0 Å². The van der Waals surface area contributed by atoms with E-state index >= 15 is 0 Å². The first kappa shape index (κ1) is 18.6. The molecule has 2 atom stereocenters. The van der Waals surface area contributed by atoms with Crippen LogP contribution in [0, 0.1) is 0 Å². The molecule has 0 radical (unpaired) electrons. The summed E-state index contributed by atoms with van der Waals surface area (Å²) in [6, 6.07) is 15.2. The highest BCUT2D eigenvalue weighted by Gasteiger charge is 2.31. The fourth-order valence-corrected chi connectivity index (χ4v) is 2.91. The van der Waals surface area contributed by atoms with Gasteiger partial charge in [-0.15, -0.1) is 12.4 Å². The van der Waals surface area contributed by atoms with E-state index in [1.165, 1.54) is 7.11 Å². The molecule has 0 aliphatic carbocycles. The Morgan fingerprint density at radius 2 is 1.96 bits per heavy atom. The summed E-state index contributed by atoms with van der Waals surface area (Å²) in [5.41, 5.74) is 1.99. The number of esters is 1. The Labute approximate surface area is 152 Å². The van der Waals surface area contributed by atoms with E-state index in [1.807, 2.05) is 48.5 Å². The number of hydrogen-bond acceptors (Lipinski definition) is 4. The zero-order valence-corrected chi connectivity index (χ0v) is 14.8. The molecule has 24 heavy (non-hydrogen) atoms. The van der Waals surface area contributed by atoms with Gasteiger partial charge in [0, 0.05) is 23.6 Å². The van der Waals surface area contributed by atoms with Crippen LogP contribution in [0.15, 0.2) is 48.5 Å². The summed E-state index contributed by atoms with van der Waals surface area (Å²) in [5, 5.41) is 3.78. The van der Waals surface area contributed by atoms with E-state index in [0.717, 1.165) is 16.9 Å². The van der Waals surface area contributed by atoms with Crippen LogP contribution in [0.4, 0.5) is 0 Å². The fraction of sp³-hybridized carbons (Fsp3) is 0.278. The average molecular weight is 368 g/mol. The van der Waals surface area contributed by atoms with Crippen molar-refractivity contribution in [3.05, 3.63) is 53.6 Å². The highest BCUT2D eigenvalue weighted by atomic mass is 35.5. The van der Waals surface area contributed by atoms with Gasteiger partial charge in [0.05, 0.1) is 7.11 Å². The van der Waals surface area contributed by atoms with Crippen LogP contribution in [0.2, 0.25) is 5.02 Å². The lowest BCUT2D eigenvalue weighted by Crippen LogP contribution is -2.31. The van der Waals surface area contributed by atoms with Crippen molar-refractivity contribution in [1.82, 2.24) is 5.32 Å². The summed E-state index contributed by atoms with van der Waals surface area (Å²) in [4.78, 5) is 11.6. The minimum absolute atomic E-state index is 0. The second-order valence-corrected chi connectivity index (χ2v) is 5.90. The molecular formula is C18H19Cl2NO3. The molecule has 128 valence electrons. The summed E-state index contributed by atoms with van der Waals surface area (Å²) in [6.45, 7) is 0.608. The Morgan fingerprint density at radius 1 is 1.21 bits per heavy atom. The molecule has 1 aliphatic heterocycles. The number of hydrogen-bond donors (Lipinski definition) is 1. The molecule has 0 saturated carbocycles. The van der Waals surface area contributed by atoms with Gasteiger partial charge in [-0.05, 0) is 23.8 Å². The molecule has 2 aromatic carbocycles. The van der Waals surface area contributed by atoms with Gasteiger partial charge in [0.25, 0.3) is 0 Å². The highest BCUT2D eigenvalue weighted by Crippen LogP contribution is 2.34. The van der Waals surface area contributed by atoms with E-state index in [-0.39, 0.29) is 30.5 Å². The van der Waals surface area contributed by atoms with Crippen LogP contribution >= 0.6 is 24.0 Å². The third-order valence-corrected chi connectivity index (χ3v) is 4.13. The van der Waals surface area contributed by atoms with Gasteiger partial charge in [-0.25, -0.2) is 0 Å². The lowest BCUT2D eigenvalue weighted by atomic mass is 10.0. The smallest absolute Gasteiger partial charge is 0.323 e. The maximum absolute atomic E-state index is 11.6. The molecule has 1 N–H and O–H groups in total. The summed E-state index contributed by atoms with van der Waals surface area (Å²) >= 11 is 6.14. The normalized spacial score (nSPS) is 19.4. The van der Waals surface area contributed by atoms with Gasteiger partial charge in [-0.3, -0.25) is 4.79 Å². The lowest BCUT2D eigenvalue weighted by molar-refractivity contribution is -0.142. The molecule has 6 heteroatoms. The molecule has 0 amide bonds.